The van der Waals surface area contributed by atoms with Gasteiger partial charge >= 0.3 is 6.18 Å². The molecule has 1 aromatic heterocycles. The molecule has 1 aliphatic carbocycles. The van der Waals surface area contributed by atoms with Gasteiger partial charge in [0.25, 0.3) is 5.89 Å². The van der Waals surface area contributed by atoms with Gasteiger partial charge in [-0.15, -0.1) is 0 Å². The van der Waals surface area contributed by atoms with Crippen molar-refractivity contribution >= 4 is 5.91 Å². The molecule has 1 aromatic carbocycles. The van der Waals surface area contributed by atoms with Gasteiger partial charge in [-0.2, -0.15) is 18.2 Å². The molecule has 1 fully saturated rings. The highest BCUT2D eigenvalue weighted by Gasteiger charge is 2.55. The van der Waals surface area contributed by atoms with E-state index in [9.17, 15) is 23.1 Å². The Morgan fingerprint density at radius 2 is 2.08 bits per heavy atom. The molecule has 0 aliphatic heterocycles. The summed E-state index contributed by atoms with van der Waals surface area (Å²) in [6, 6.07) is 4.08. The summed E-state index contributed by atoms with van der Waals surface area (Å²) in [7, 11) is 0. The molecule has 1 atom stereocenters. The third-order valence-corrected chi connectivity index (χ3v) is 4.26. The normalized spacial score (nSPS) is 17.2. The summed E-state index contributed by atoms with van der Waals surface area (Å²) >= 11 is 0. The Bertz CT molecular complexity index is 784. The minimum atomic E-state index is -4.55. The third kappa shape index (κ3) is 3.23. The zero-order valence-corrected chi connectivity index (χ0v) is 13.3. The van der Waals surface area contributed by atoms with Gasteiger partial charge in [0.1, 0.15) is 6.04 Å². The van der Waals surface area contributed by atoms with Crippen LogP contribution in [-0.2, 0) is 16.4 Å². The summed E-state index contributed by atoms with van der Waals surface area (Å²) in [6.07, 6.45) is -3.95. The van der Waals surface area contributed by atoms with E-state index in [1.54, 1.807) is 6.92 Å². The van der Waals surface area contributed by atoms with Crippen LogP contribution >= 0.6 is 0 Å². The fourth-order valence-electron chi connectivity index (χ4n) is 2.83. The predicted octanol–water partition coefficient (Wildman–Crippen LogP) is 2.28. The van der Waals surface area contributed by atoms with E-state index < -0.39 is 35.7 Å². The van der Waals surface area contributed by atoms with Crippen LogP contribution in [0, 0.1) is 6.92 Å². The van der Waals surface area contributed by atoms with Gasteiger partial charge in [-0.25, -0.2) is 0 Å². The van der Waals surface area contributed by atoms with Crippen LogP contribution in [0.25, 0.3) is 0 Å². The first-order chi connectivity index (χ1) is 11.8. The maximum Gasteiger partial charge on any atom is 0.416 e. The van der Waals surface area contributed by atoms with Crippen LogP contribution in [0.2, 0.25) is 0 Å². The van der Waals surface area contributed by atoms with Crippen LogP contribution in [-0.4, -0.2) is 27.8 Å². The number of aryl methyl sites for hydroxylation is 1. The molecule has 3 rings (SSSR count). The highest BCUT2D eigenvalue weighted by Crippen LogP contribution is 2.52. The average molecular weight is 355 g/mol. The van der Waals surface area contributed by atoms with Gasteiger partial charge in [0.15, 0.2) is 5.82 Å². The second kappa shape index (κ2) is 6.14. The molecule has 2 aromatic rings. The molecule has 0 spiro atoms. The lowest BCUT2D eigenvalue weighted by Crippen LogP contribution is -2.39. The first kappa shape index (κ1) is 17.4. The Labute approximate surface area is 141 Å². The summed E-state index contributed by atoms with van der Waals surface area (Å²) in [5, 5.41) is 15.6. The number of amides is 1. The number of carbonyl (C=O) groups excluding carboxylic acids is 1. The lowest BCUT2D eigenvalue weighted by Gasteiger charge is -2.22. The molecule has 1 saturated carbocycles. The van der Waals surface area contributed by atoms with E-state index in [1.807, 2.05) is 0 Å². The number of aromatic nitrogens is 2. The minimum Gasteiger partial charge on any atom is -0.394 e. The van der Waals surface area contributed by atoms with Crippen LogP contribution < -0.4 is 5.32 Å². The number of aliphatic hydroxyl groups excluding tert-OH is 1. The molecule has 0 bridgehead atoms. The van der Waals surface area contributed by atoms with Gasteiger partial charge < -0.3 is 14.9 Å². The van der Waals surface area contributed by atoms with Crippen LogP contribution in [0.1, 0.15) is 41.7 Å². The Morgan fingerprint density at radius 3 is 2.60 bits per heavy atom. The fraction of sp³-hybridized carbons (Fsp3) is 0.438. The van der Waals surface area contributed by atoms with E-state index in [2.05, 4.69) is 15.5 Å². The molecule has 6 nitrogen and oxygen atoms in total. The van der Waals surface area contributed by atoms with E-state index in [1.165, 1.54) is 18.2 Å². The van der Waals surface area contributed by atoms with E-state index in [0.29, 0.717) is 18.7 Å². The van der Waals surface area contributed by atoms with Gasteiger partial charge in [0, 0.05) is 0 Å². The number of hydrogen-bond acceptors (Lipinski definition) is 5. The number of carbonyl (C=O) groups is 1. The van der Waals surface area contributed by atoms with Crippen molar-refractivity contribution in [3.05, 3.63) is 47.1 Å². The molecule has 25 heavy (non-hydrogen) atoms. The number of benzene rings is 1. The van der Waals surface area contributed by atoms with Crippen molar-refractivity contribution in [2.45, 2.75) is 37.4 Å². The SMILES string of the molecule is Cc1noc(C(CO)NC(=O)C2(c3ccccc3C(F)(F)F)CC2)n1. The summed E-state index contributed by atoms with van der Waals surface area (Å²) < 4.78 is 44.7. The number of nitrogens with zero attached hydrogens (tertiary/aromatic N) is 2. The van der Waals surface area contributed by atoms with Crippen LogP contribution in [0.4, 0.5) is 13.2 Å². The second-order valence-electron chi connectivity index (χ2n) is 6.01. The summed E-state index contributed by atoms with van der Waals surface area (Å²) in [4.78, 5) is 16.6. The van der Waals surface area contributed by atoms with Crippen molar-refractivity contribution in [3.8, 4) is 0 Å². The maximum atomic E-state index is 13.3. The zero-order chi connectivity index (χ0) is 18.2. The largest absolute Gasteiger partial charge is 0.416 e. The van der Waals surface area contributed by atoms with Crippen LogP contribution in [0.5, 0.6) is 0 Å². The first-order valence-corrected chi connectivity index (χ1v) is 7.66. The minimum absolute atomic E-state index is 0.00764. The van der Waals surface area contributed by atoms with E-state index in [0.717, 1.165) is 6.07 Å². The van der Waals surface area contributed by atoms with Crippen LogP contribution in [0.3, 0.4) is 0 Å². The topological polar surface area (TPSA) is 88.3 Å². The van der Waals surface area contributed by atoms with Crippen molar-refractivity contribution in [2.24, 2.45) is 0 Å². The van der Waals surface area contributed by atoms with Gasteiger partial charge in [-0.1, -0.05) is 23.4 Å². The quantitative estimate of drug-likeness (QED) is 0.859. The Balaban J connectivity index is 1.87. The number of aliphatic hydroxyl groups is 1. The summed E-state index contributed by atoms with van der Waals surface area (Å²) in [5.41, 5.74) is -2.13. The number of halogens is 3. The molecule has 2 N–H and O–H groups in total. The molecule has 0 radical (unpaired) electrons. The standard InChI is InChI=1S/C16H16F3N3O3/c1-9-20-13(25-22-9)12(8-23)21-14(24)15(6-7-15)10-4-2-3-5-11(10)16(17,18)19/h2-5,12,23H,6-8H2,1H3,(H,21,24). The molecule has 9 heteroatoms. The Hall–Kier alpha value is -2.42. The fourth-order valence-corrected chi connectivity index (χ4v) is 2.83. The summed E-state index contributed by atoms with van der Waals surface area (Å²) in [5.74, 6) is -0.265. The smallest absolute Gasteiger partial charge is 0.394 e. The molecule has 134 valence electrons. The monoisotopic (exact) mass is 355 g/mol. The lowest BCUT2D eigenvalue weighted by molar-refractivity contribution is -0.139. The second-order valence-corrected chi connectivity index (χ2v) is 6.01. The average Bonchev–Trinajstić information content (AvgIpc) is 3.28. The van der Waals surface area contributed by atoms with E-state index in [-0.39, 0.29) is 11.5 Å². The Kier molecular flexibility index (Phi) is 4.28. The van der Waals surface area contributed by atoms with Gasteiger partial charge in [0.2, 0.25) is 5.91 Å². The number of nitrogens with one attached hydrogen (secondary N) is 1. The van der Waals surface area contributed by atoms with Crippen molar-refractivity contribution in [3.63, 3.8) is 0 Å². The van der Waals surface area contributed by atoms with Crippen molar-refractivity contribution in [1.29, 1.82) is 0 Å². The highest BCUT2D eigenvalue weighted by molar-refractivity contribution is 5.92. The molecular formula is C16H16F3N3O3. The predicted molar refractivity (Wildman–Crippen MR) is 79.4 cm³/mol. The molecule has 1 unspecified atom stereocenters. The number of alkyl halides is 3. The van der Waals surface area contributed by atoms with Crippen molar-refractivity contribution in [1.82, 2.24) is 15.5 Å². The van der Waals surface area contributed by atoms with Gasteiger partial charge in [0.05, 0.1) is 17.6 Å². The number of hydrogen-bond donors (Lipinski definition) is 2. The molecule has 1 heterocycles. The zero-order valence-electron chi connectivity index (χ0n) is 13.3. The summed E-state index contributed by atoms with van der Waals surface area (Å²) in [6.45, 7) is 1.07. The van der Waals surface area contributed by atoms with E-state index >= 15 is 0 Å². The van der Waals surface area contributed by atoms with Crippen LogP contribution in [0.15, 0.2) is 28.8 Å². The molecule has 1 aliphatic rings. The van der Waals surface area contributed by atoms with Crippen molar-refractivity contribution < 1.29 is 27.6 Å². The highest BCUT2D eigenvalue weighted by atomic mass is 19.4. The van der Waals surface area contributed by atoms with Gasteiger partial charge in [-0.3, -0.25) is 4.79 Å². The molecule has 0 saturated heterocycles. The number of rotatable bonds is 5. The van der Waals surface area contributed by atoms with Gasteiger partial charge in [-0.05, 0) is 31.4 Å². The van der Waals surface area contributed by atoms with Crippen molar-refractivity contribution in [2.75, 3.05) is 6.61 Å². The molecule has 1 amide bonds. The first-order valence-electron chi connectivity index (χ1n) is 7.66. The lowest BCUT2D eigenvalue weighted by atomic mass is 9.90. The van der Waals surface area contributed by atoms with E-state index in [4.69, 9.17) is 4.52 Å². The third-order valence-electron chi connectivity index (χ3n) is 4.26. The molecular weight excluding hydrogens is 339 g/mol. The maximum absolute atomic E-state index is 13.3. The Morgan fingerprint density at radius 1 is 1.40 bits per heavy atom.